The molecular formula is C19H22N4O4. The van der Waals surface area contributed by atoms with Crippen LogP contribution in [0.5, 0.6) is 0 Å². The Morgan fingerprint density at radius 2 is 2.04 bits per heavy atom. The number of hydrogen-bond acceptors (Lipinski definition) is 7. The number of carbonyl (C=O) groups excluding carboxylic acids is 1. The first-order chi connectivity index (χ1) is 13.1. The van der Waals surface area contributed by atoms with Gasteiger partial charge in [0.05, 0.1) is 24.4 Å². The summed E-state index contributed by atoms with van der Waals surface area (Å²) < 4.78 is 6.55. The van der Waals surface area contributed by atoms with Gasteiger partial charge in [0.15, 0.2) is 0 Å². The van der Waals surface area contributed by atoms with Gasteiger partial charge in [0.2, 0.25) is 0 Å². The van der Waals surface area contributed by atoms with Gasteiger partial charge in [-0.1, -0.05) is 6.07 Å². The summed E-state index contributed by atoms with van der Waals surface area (Å²) in [6, 6.07) is 7.09. The lowest BCUT2D eigenvalue weighted by atomic mass is 10.1. The third-order valence-corrected chi connectivity index (χ3v) is 4.72. The lowest BCUT2D eigenvalue weighted by Gasteiger charge is -2.36. The minimum atomic E-state index is -0.550. The van der Waals surface area contributed by atoms with E-state index in [1.807, 2.05) is 11.0 Å². The molecule has 1 fully saturated rings. The largest absolute Gasteiger partial charge is 0.462 e. The Kier molecular flexibility index (Phi) is 5.74. The fraction of sp³-hybridized carbons (Fsp3) is 0.421. The molecule has 0 unspecified atom stereocenters. The van der Waals surface area contributed by atoms with Crippen LogP contribution < -0.4 is 10.5 Å². The molecule has 1 N–H and O–H groups in total. The lowest BCUT2D eigenvalue weighted by molar-refractivity contribution is 0.0528. The molecule has 8 heteroatoms. The highest BCUT2D eigenvalue weighted by atomic mass is 16.5. The lowest BCUT2D eigenvalue weighted by Crippen LogP contribution is -2.48. The fourth-order valence-corrected chi connectivity index (χ4v) is 3.45. The monoisotopic (exact) mass is 370 g/mol. The summed E-state index contributed by atoms with van der Waals surface area (Å²) in [4.78, 5) is 29.6. The molecule has 0 spiro atoms. The summed E-state index contributed by atoms with van der Waals surface area (Å²) in [5.41, 5.74) is 0.499. The van der Waals surface area contributed by atoms with Crippen molar-refractivity contribution in [1.82, 2.24) is 9.30 Å². The molecule has 0 saturated carbocycles. The molecule has 2 aromatic rings. The standard InChI is InChI=1S/C19H22N4O4/c1-2-27-19(26)16-15-5-3-4-6-23(15)18(25)14(13-20)17(16)22-9-7-21(8-10-22)11-12-24/h3-6,24H,2,7-12H2,1H3. The Balaban J connectivity index is 2.18. The van der Waals surface area contributed by atoms with E-state index in [0.717, 1.165) is 0 Å². The van der Waals surface area contributed by atoms with E-state index < -0.39 is 11.5 Å². The van der Waals surface area contributed by atoms with Crippen LogP contribution in [0.3, 0.4) is 0 Å². The maximum atomic E-state index is 12.8. The molecule has 0 radical (unpaired) electrons. The van der Waals surface area contributed by atoms with Gasteiger partial charge in [0.25, 0.3) is 5.56 Å². The molecule has 1 saturated heterocycles. The Morgan fingerprint density at radius 3 is 2.67 bits per heavy atom. The molecule has 1 aliphatic heterocycles. The molecule has 8 nitrogen and oxygen atoms in total. The zero-order valence-electron chi connectivity index (χ0n) is 15.2. The number of ether oxygens (including phenoxy) is 1. The minimum Gasteiger partial charge on any atom is -0.462 e. The topological polar surface area (TPSA) is 98.3 Å². The Hall–Kier alpha value is -2.89. The first-order valence-electron chi connectivity index (χ1n) is 8.95. The van der Waals surface area contributed by atoms with E-state index in [1.54, 1.807) is 31.3 Å². The van der Waals surface area contributed by atoms with E-state index in [0.29, 0.717) is 43.9 Å². The van der Waals surface area contributed by atoms with Crippen molar-refractivity contribution in [3.05, 3.63) is 45.9 Å². The highest BCUT2D eigenvalue weighted by Gasteiger charge is 2.29. The summed E-state index contributed by atoms with van der Waals surface area (Å²) in [5.74, 6) is -0.550. The highest BCUT2D eigenvalue weighted by Crippen LogP contribution is 2.28. The van der Waals surface area contributed by atoms with Gasteiger partial charge < -0.3 is 14.7 Å². The van der Waals surface area contributed by atoms with Crippen LogP contribution in [-0.4, -0.2) is 66.3 Å². The zero-order chi connectivity index (χ0) is 19.4. The number of aromatic nitrogens is 1. The second-order valence-corrected chi connectivity index (χ2v) is 6.24. The maximum Gasteiger partial charge on any atom is 0.342 e. The molecule has 3 rings (SSSR count). The molecule has 0 atom stereocenters. The van der Waals surface area contributed by atoms with Gasteiger partial charge in [-0.3, -0.25) is 14.1 Å². The van der Waals surface area contributed by atoms with Crippen LogP contribution in [0.4, 0.5) is 5.69 Å². The molecule has 27 heavy (non-hydrogen) atoms. The van der Waals surface area contributed by atoms with Crippen LogP contribution in [-0.2, 0) is 4.74 Å². The predicted molar refractivity (Wildman–Crippen MR) is 100 cm³/mol. The number of nitriles is 1. The molecular weight excluding hydrogens is 348 g/mol. The van der Waals surface area contributed by atoms with Crippen LogP contribution in [0.2, 0.25) is 0 Å². The molecule has 142 valence electrons. The average Bonchev–Trinajstić information content (AvgIpc) is 2.69. The van der Waals surface area contributed by atoms with Crippen molar-refractivity contribution in [3.63, 3.8) is 0 Å². The smallest absolute Gasteiger partial charge is 0.342 e. The van der Waals surface area contributed by atoms with E-state index in [-0.39, 0.29) is 24.3 Å². The first kappa shape index (κ1) is 18.9. The second kappa shape index (κ2) is 8.20. The predicted octanol–water partition coefficient (Wildman–Crippen LogP) is 0.462. The van der Waals surface area contributed by atoms with Gasteiger partial charge in [0.1, 0.15) is 17.2 Å². The van der Waals surface area contributed by atoms with Gasteiger partial charge in [-0.2, -0.15) is 5.26 Å². The number of esters is 1. The molecule has 0 aromatic carbocycles. The number of piperazine rings is 1. The summed E-state index contributed by atoms with van der Waals surface area (Å²) in [6.07, 6.45) is 1.55. The summed E-state index contributed by atoms with van der Waals surface area (Å²) in [6.45, 7) is 4.99. The highest BCUT2D eigenvalue weighted by molar-refractivity contribution is 6.04. The number of rotatable bonds is 5. The minimum absolute atomic E-state index is 0.0580. The number of nitrogens with zero attached hydrogens (tertiary/aromatic N) is 4. The van der Waals surface area contributed by atoms with Crippen LogP contribution in [0.25, 0.3) is 5.52 Å². The van der Waals surface area contributed by atoms with Crippen LogP contribution in [0.15, 0.2) is 29.2 Å². The third-order valence-electron chi connectivity index (χ3n) is 4.72. The van der Waals surface area contributed by atoms with Crippen molar-refractivity contribution in [2.75, 3.05) is 50.8 Å². The Labute approximate surface area is 156 Å². The summed E-state index contributed by atoms with van der Waals surface area (Å²) >= 11 is 0. The van der Waals surface area contributed by atoms with E-state index in [1.165, 1.54) is 4.40 Å². The quantitative estimate of drug-likeness (QED) is 0.764. The third kappa shape index (κ3) is 3.52. The zero-order valence-corrected chi connectivity index (χ0v) is 15.2. The molecule has 0 amide bonds. The SMILES string of the molecule is CCOC(=O)c1c(N2CCN(CCO)CC2)c(C#N)c(=O)n2ccccc12. The van der Waals surface area contributed by atoms with E-state index in [2.05, 4.69) is 4.90 Å². The maximum absolute atomic E-state index is 12.8. The molecule has 0 aliphatic carbocycles. The van der Waals surface area contributed by atoms with Gasteiger partial charge in [-0.15, -0.1) is 0 Å². The van der Waals surface area contributed by atoms with E-state index in [4.69, 9.17) is 9.84 Å². The average molecular weight is 370 g/mol. The molecule has 2 aromatic heterocycles. The van der Waals surface area contributed by atoms with Crippen molar-refractivity contribution in [2.45, 2.75) is 6.92 Å². The number of carbonyl (C=O) groups is 1. The number of aliphatic hydroxyl groups excluding tert-OH is 1. The Morgan fingerprint density at radius 1 is 1.30 bits per heavy atom. The van der Waals surface area contributed by atoms with Crippen molar-refractivity contribution in [3.8, 4) is 6.07 Å². The summed E-state index contributed by atoms with van der Waals surface area (Å²) in [7, 11) is 0. The molecule has 0 bridgehead atoms. The molecule has 1 aliphatic rings. The second-order valence-electron chi connectivity index (χ2n) is 6.24. The number of fused-ring (bicyclic) bond motifs is 1. The number of aliphatic hydroxyl groups is 1. The number of hydrogen-bond donors (Lipinski definition) is 1. The van der Waals surface area contributed by atoms with Gasteiger partial charge in [-0.05, 0) is 19.1 Å². The van der Waals surface area contributed by atoms with E-state index >= 15 is 0 Å². The number of pyridine rings is 2. The van der Waals surface area contributed by atoms with Crippen molar-refractivity contribution in [2.24, 2.45) is 0 Å². The van der Waals surface area contributed by atoms with Gasteiger partial charge >= 0.3 is 5.97 Å². The van der Waals surface area contributed by atoms with E-state index in [9.17, 15) is 14.9 Å². The molecule has 3 heterocycles. The van der Waals surface area contributed by atoms with Crippen molar-refractivity contribution < 1.29 is 14.6 Å². The van der Waals surface area contributed by atoms with Crippen LogP contribution in [0, 0.1) is 11.3 Å². The Bertz CT molecular complexity index is 939. The fourth-order valence-electron chi connectivity index (χ4n) is 3.45. The van der Waals surface area contributed by atoms with Gasteiger partial charge in [0, 0.05) is 38.9 Å². The van der Waals surface area contributed by atoms with Crippen molar-refractivity contribution >= 4 is 17.2 Å². The summed E-state index contributed by atoms with van der Waals surface area (Å²) in [5, 5.41) is 18.8. The first-order valence-corrected chi connectivity index (χ1v) is 8.95. The number of β-amino-alcohol motifs (C(OH)–C–C–N with tert-alkyl or cyclic N) is 1. The van der Waals surface area contributed by atoms with Gasteiger partial charge in [-0.25, -0.2) is 4.79 Å². The normalized spacial score (nSPS) is 14.9. The van der Waals surface area contributed by atoms with Crippen LogP contribution in [0.1, 0.15) is 22.8 Å². The van der Waals surface area contributed by atoms with Crippen LogP contribution >= 0.6 is 0 Å². The van der Waals surface area contributed by atoms with Crippen molar-refractivity contribution in [1.29, 1.82) is 5.26 Å². The number of anilines is 1.